The number of amides is 2. The van der Waals surface area contributed by atoms with Crippen molar-refractivity contribution < 1.29 is 14.3 Å². The molecule has 1 saturated heterocycles. The predicted octanol–water partition coefficient (Wildman–Crippen LogP) is 8.80. The first-order chi connectivity index (χ1) is 15.9. The second-order valence-corrected chi connectivity index (χ2v) is 11.8. The van der Waals surface area contributed by atoms with Gasteiger partial charge in [0.1, 0.15) is 17.2 Å². The van der Waals surface area contributed by atoms with Gasteiger partial charge in [0.2, 0.25) is 5.91 Å². The Morgan fingerprint density at radius 2 is 1.62 bits per heavy atom. The van der Waals surface area contributed by atoms with Gasteiger partial charge in [-0.15, -0.1) is 17.0 Å². The van der Waals surface area contributed by atoms with E-state index in [1.807, 2.05) is 32.9 Å². The minimum absolute atomic E-state index is 0. The molecule has 2 aromatic heterocycles. The van der Waals surface area contributed by atoms with Crippen LogP contribution in [0.15, 0.2) is 33.5 Å². The van der Waals surface area contributed by atoms with E-state index >= 15 is 0 Å². The molecule has 2 aliphatic heterocycles. The molecule has 2 amide bonds. The molecule has 39 heavy (non-hydrogen) atoms. The number of hydrogen-bond acceptors (Lipinski definition) is 6. The van der Waals surface area contributed by atoms with E-state index in [1.165, 1.54) is 0 Å². The Morgan fingerprint density at radius 3 is 2.13 bits per heavy atom. The normalized spacial score (nSPS) is 14.6. The zero-order valence-corrected chi connectivity index (χ0v) is 26.2. The van der Waals surface area contributed by atoms with Crippen LogP contribution in [-0.4, -0.2) is 45.6 Å². The molecule has 12 heteroatoms. The molecule has 1 spiro atoms. The van der Waals surface area contributed by atoms with Crippen molar-refractivity contribution in [2.75, 3.05) is 24.1 Å². The van der Waals surface area contributed by atoms with Gasteiger partial charge in [0.05, 0.1) is 5.41 Å². The van der Waals surface area contributed by atoms with Crippen molar-refractivity contribution in [1.82, 2.24) is 14.9 Å². The third-order valence-electron chi connectivity index (χ3n) is 5.66. The summed E-state index contributed by atoms with van der Waals surface area (Å²) in [4.78, 5) is 34.7. The summed E-state index contributed by atoms with van der Waals surface area (Å²) in [5.41, 5.74) is 6.61. The number of likely N-dealkylation sites (tertiary alicyclic amines) is 1. The largest absolute Gasteiger partial charge is 0.444 e. The van der Waals surface area contributed by atoms with Crippen LogP contribution in [0.4, 0.5) is 16.4 Å². The lowest BCUT2D eigenvalue weighted by molar-refractivity contribution is -0.129. The molecule has 0 bridgehead atoms. The number of carbonyl (C=O) groups excluding carboxylic acids is 2. The van der Waals surface area contributed by atoms with Gasteiger partial charge in [0.15, 0.2) is 0 Å². The number of rotatable bonds is 1. The van der Waals surface area contributed by atoms with E-state index in [2.05, 4.69) is 63.1 Å². The number of hydrogen-bond donors (Lipinski definition) is 2. The van der Waals surface area contributed by atoms with E-state index < -0.39 is 11.0 Å². The molecule has 2 aromatic rings. The number of pyridine rings is 2. The van der Waals surface area contributed by atoms with Crippen molar-refractivity contribution in [3.8, 4) is 0 Å². The third kappa shape index (κ3) is 11.3. The monoisotopic (exact) mass is 803 g/mol. The number of halogens is 4. The van der Waals surface area contributed by atoms with E-state index in [9.17, 15) is 9.59 Å². The first-order valence-electron chi connectivity index (χ1n) is 10.8. The van der Waals surface area contributed by atoms with Crippen LogP contribution in [0.25, 0.3) is 0 Å². The lowest BCUT2D eigenvalue weighted by Crippen LogP contribution is -2.51. The summed E-state index contributed by atoms with van der Waals surface area (Å²) in [5, 5.41) is 3.67. The van der Waals surface area contributed by atoms with Crippen molar-refractivity contribution in [2.45, 2.75) is 80.7 Å². The zero-order chi connectivity index (χ0) is 25.1. The van der Waals surface area contributed by atoms with Gasteiger partial charge in [-0.1, -0.05) is 45.6 Å². The van der Waals surface area contributed by atoms with Gasteiger partial charge in [-0.3, -0.25) is 4.79 Å². The first kappa shape index (κ1) is 42.2. The van der Waals surface area contributed by atoms with Crippen molar-refractivity contribution in [2.24, 2.45) is 5.41 Å². The fourth-order valence-electron chi connectivity index (χ4n) is 3.86. The molecule has 8 nitrogen and oxygen atoms in total. The Hall–Kier alpha value is -1.24. The Bertz CT molecular complexity index is 1070. The van der Waals surface area contributed by atoms with Gasteiger partial charge >= 0.3 is 6.09 Å². The molecule has 0 aromatic carbocycles. The van der Waals surface area contributed by atoms with Crippen LogP contribution >= 0.6 is 64.8 Å². The van der Waals surface area contributed by atoms with Gasteiger partial charge in [-0.2, -0.15) is 0 Å². The number of piperidine rings is 1. The molecular formula is C27H45Br4N5O3. The topological polar surface area (TPSA) is 110 Å². The van der Waals surface area contributed by atoms with Crippen LogP contribution in [0.2, 0.25) is 0 Å². The fourth-order valence-corrected chi connectivity index (χ4v) is 5.07. The van der Waals surface area contributed by atoms with Crippen LogP contribution in [0.5, 0.6) is 0 Å². The summed E-state index contributed by atoms with van der Waals surface area (Å²) in [5.74, 6) is 1.23. The van der Waals surface area contributed by atoms with E-state index in [4.69, 9.17) is 10.5 Å². The number of nitrogens with one attached hydrogen (secondary N) is 1. The van der Waals surface area contributed by atoms with Crippen LogP contribution in [0.3, 0.4) is 0 Å². The molecule has 1 fully saturated rings. The van der Waals surface area contributed by atoms with E-state index in [0.29, 0.717) is 44.0 Å². The van der Waals surface area contributed by atoms with E-state index in [0.717, 1.165) is 25.4 Å². The Morgan fingerprint density at radius 1 is 1.08 bits per heavy atom. The van der Waals surface area contributed by atoms with Crippen molar-refractivity contribution in [1.29, 1.82) is 0 Å². The predicted molar refractivity (Wildman–Crippen MR) is 180 cm³/mol. The molecule has 0 aliphatic carbocycles. The molecule has 0 unspecified atom stereocenters. The molecule has 2 aliphatic rings. The number of alkyl halides is 1. The average molecular weight is 807 g/mol. The minimum Gasteiger partial charge on any atom is -0.444 e. The quantitative estimate of drug-likeness (QED) is 0.279. The number of carbonyl (C=O) groups is 2. The Kier molecular flexibility index (Phi) is 19.0. The zero-order valence-electron chi connectivity index (χ0n) is 19.7. The minimum atomic E-state index is -0.509. The molecule has 0 radical (unpaired) electrons. The number of nitrogens with two attached hydrogens (primary N) is 1. The summed E-state index contributed by atoms with van der Waals surface area (Å²) in [6.07, 6.45) is 4.97. The second-order valence-electron chi connectivity index (χ2n) is 9.37. The fraction of sp³-hybridized carbons (Fsp3) is 0.556. The summed E-state index contributed by atoms with van der Waals surface area (Å²) >= 11 is 10.0. The SMILES string of the molecule is Br.C.C.C.C.CC(C)(C)OC(=O)N1CCC2(CC1)Cc1cc(Br)cnc1NC2=O.Nc1ncc(Br)cc1CBr. The molecular weight excluding hydrogens is 762 g/mol. The van der Waals surface area contributed by atoms with E-state index in [-0.39, 0.29) is 58.7 Å². The maximum atomic E-state index is 12.6. The molecule has 0 saturated carbocycles. The third-order valence-corrected chi connectivity index (χ3v) is 7.13. The molecule has 4 rings (SSSR count). The van der Waals surface area contributed by atoms with Crippen LogP contribution < -0.4 is 11.1 Å². The molecule has 3 N–H and O–H groups in total. The maximum absolute atomic E-state index is 12.6. The van der Waals surface area contributed by atoms with Gasteiger partial charge in [-0.25, -0.2) is 14.8 Å². The van der Waals surface area contributed by atoms with E-state index in [1.54, 1.807) is 17.3 Å². The highest BCUT2D eigenvalue weighted by Crippen LogP contribution is 2.41. The standard InChI is InChI=1S/C17H22BrN3O3.C6H6Br2N2.4CH4.BrH/c1-16(2,3)24-15(23)21-6-4-17(5-7-21)9-11-8-12(18)10-19-13(11)20-14(17)22;7-2-4-1-5(8)3-10-6(4)9;;;;;/h8,10H,4-7,9H2,1-3H3,(H,19,20,22);1,3H,2H2,(H2,9,10);4*1H4;1H. The Balaban J connectivity index is -0.000000748. The second kappa shape index (κ2) is 17.5. The van der Waals surface area contributed by atoms with Gasteiger partial charge in [0.25, 0.3) is 0 Å². The van der Waals surface area contributed by atoms with Gasteiger partial charge in [0, 0.05) is 45.3 Å². The summed E-state index contributed by atoms with van der Waals surface area (Å²) < 4.78 is 7.28. The van der Waals surface area contributed by atoms with Gasteiger partial charge < -0.3 is 20.7 Å². The van der Waals surface area contributed by atoms with Crippen LogP contribution in [-0.2, 0) is 21.3 Å². The first-order valence-corrected chi connectivity index (χ1v) is 13.5. The lowest BCUT2D eigenvalue weighted by Gasteiger charge is -2.43. The van der Waals surface area contributed by atoms with Crippen LogP contribution in [0, 0.1) is 5.41 Å². The lowest BCUT2D eigenvalue weighted by atomic mass is 9.71. The number of nitrogens with zero attached hydrogens (tertiary/aromatic N) is 3. The van der Waals surface area contributed by atoms with Crippen molar-refractivity contribution >= 4 is 88.4 Å². The summed E-state index contributed by atoms with van der Waals surface area (Å²) in [6.45, 7) is 6.62. The molecule has 224 valence electrons. The summed E-state index contributed by atoms with van der Waals surface area (Å²) in [6, 6.07) is 3.95. The number of aromatic nitrogens is 2. The highest BCUT2D eigenvalue weighted by Gasteiger charge is 2.46. The van der Waals surface area contributed by atoms with Crippen LogP contribution in [0.1, 0.15) is 74.4 Å². The molecule has 0 atom stereocenters. The van der Waals surface area contributed by atoms with Crippen molar-refractivity contribution in [3.05, 3.63) is 44.6 Å². The number of fused-ring (bicyclic) bond motifs is 1. The smallest absolute Gasteiger partial charge is 0.410 e. The summed E-state index contributed by atoms with van der Waals surface area (Å²) in [7, 11) is 0. The number of ether oxygens (including phenoxy) is 1. The maximum Gasteiger partial charge on any atom is 0.410 e. The number of anilines is 2. The number of nitrogen functional groups attached to an aromatic ring is 1. The highest BCUT2D eigenvalue weighted by atomic mass is 79.9. The Labute approximate surface area is 270 Å². The molecule has 4 heterocycles. The highest BCUT2D eigenvalue weighted by molar-refractivity contribution is 9.10. The average Bonchev–Trinajstić information content (AvgIpc) is 2.76. The van der Waals surface area contributed by atoms with Gasteiger partial charge in [-0.05, 0) is 89.6 Å². The van der Waals surface area contributed by atoms with Crippen molar-refractivity contribution in [3.63, 3.8) is 0 Å².